The van der Waals surface area contributed by atoms with Crippen LogP contribution in [0.4, 0.5) is 0 Å². The Morgan fingerprint density at radius 1 is 1.45 bits per heavy atom. The lowest BCUT2D eigenvalue weighted by molar-refractivity contribution is -0.122. The third kappa shape index (κ3) is 6.37. The van der Waals surface area contributed by atoms with E-state index >= 15 is 0 Å². The molecule has 0 saturated heterocycles. The molecule has 0 fully saturated rings. The van der Waals surface area contributed by atoms with Gasteiger partial charge in [0.2, 0.25) is 5.91 Å². The van der Waals surface area contributed by atoms with Gasteiger partial charge in [-0.2, -0.15) is 0 Å². The van der Waals surface area contributed by atoms with Gasteiger partial charge >= 0.3 is 0 Å². The number of rotatable bonds is 8. The number of carbonyl (C=O) groups is 1. The van der Waals surface area contributed by atoms with Crippen LogP contribution >= 0.6 is 11.6 Å². The summed E-state index contributed by atoms with van der Waals surface area (Å²) in [4.78, 5) is 13.8. The zero-order valence-corrected chi connectivity index (χ0v) is 12.9. The summed E-state index contributed by atoms with van der Waals surface area (Å²) in [7, 11) is 0. The lowest BCUT2D eigenvalue weighted by atomic mass is 10.1. The molecule has 0 heterocycles. The maximum Gasteiger partial charge on any atom is 0.234 e. The number of amides is 1. The molecule has 0 unspecified atom stereocenters. The molecule has 0 spiro atoms. The normalized spacial score (nSPS) is 11.1. The second-order valence-corrected chi connectivity index (χ2v) is 5.45. The van der Waals surface area contributed by atoms with Crippen molar-refractivity contribution in [3.05, 3.63) is 34.9 Å². The van der Waals surface area contributed by atoms with Gasteiger partial charge in [0.05, 0.1) is 13.2 Å². The average molecular weight is 299 g/mol. The number of aliphatic hydroxyl groups is 1. The first-order valence-corrected chi connectivity index (χ1v) is 7.26. The minimum absolute atomic E-state index is 0.0193. The van der Waals surface area contributed by atoms with Gasteiger partial charge in [-0.1, -0.05) is 23.7 Å². The fraction of sp³-hybridized carbons (Fsp3) is 0.533. The lowest BCUT2D eigenvalue weighted by Crippen LogP contribution is -2.42. The smallest absolute Gasteiger partial charge is 0.234 e. The monoisotopic (exact) mass is 298 g/mol. The SMILES string of the molecule is CC(C)N(CCO)CC(=O)NCCc1cccc(Cl)c1. The van der Waals surface area contributed by atoms with E-state index in [9.17, 15) is 4.79 Å². The number of aliphatic hydroxyl groups excluding tert-OH is 1. The number of nitrogens with zero attached hydrogens (tertiary/aromatic N) is 1. The van der Waals surface area contributed by atoms with Crippen molar-refractivity contribution in [3.8, 4) is 0 Å². The summed E-state index contributed by atoms with van der Waals surface area (Å²) in [6.07, 6.45) is 0.758. The van der Waals surface area contributed by atoms with Crippen LogP contribution in [-0.4, -0.2) is 48.2 Å². The Kier molecular flexibility index (Phi) is 7.59. The molecular formula is C15H23ClN2O2. The van der Waals surface area contributed by atoms with E-state index < -0.39 is 0 Å². The minimum Gasteiger partial charge on any atom is -0.395 e. The largest absolute Gasteiger partial charge is 0.395 e. The van der Waals surface area contributed by atoms with Crippen molar-refractivity contribution in [1.82, 2.24) is 10.2 Å². The molecule has 2 N–H and O–H groups in total. The van der Waals surface area contributed by atoms with Crippen molar-refractivity contribution in [2.24, 2.45) is 0 Å². The Morgan fingerprint density at radius 3 is 2.80 bits per heavy atom. The maximum atomic E-state index is 11.8. The highest BCUT2D eigenvalue weighted by atomic mass is 35.5. The standard InChI is InChI=1S/C15H23ClN2O2/c1-12(2)18(8-9-19)11-15(20)17-7-6-13-4-3-5-14(16)10-13/h3-5,10,12,19H,6-9,11H2,1-2H3,(H,17,20). The number of carbonyl (C=O) groups excluding carboxylic acids is 1. The van der Waals surface area contributed by atoms with E-state index in [0.717, 1.165) is 12.0 Å². The van der Waals surface area contributed by atoms with E-state index in [1.165, 1.54) is 0 Å². The fourth-order valence-electron chi connectivity index (χ4n) is 1.93. The Balaban J connectivity index is 2.32. The third-order valence-corrected chi connectivity index (χ3v) is 3.32. The number of benzene rings is 1. The molecule has 0 aromatic heterocycles. The quantitative estimate of drug-likeness (QED) is 0.768. The van der Waals surface area contributed by atoms with Gasteiger partial charge in [0.15, 0.2) is 0 Å². The zero-order valence-electron chi connectivity index (χ0n) is 12.1. The summed E-state index contributed by atoms with van der Waals surface area (Å²) in [5.41, 5.74) is 1.11. The summed E-state index contributed by atoms with van der Waals surface area (Å²) >= 11 is 5.91. The van der Waals surface area contributed by atoms with Crippen LogP contribution < -0.4 is 5.32 Å². The molecule has 1 amide bonds. The lowest BCUT2D eigenvalue weighted by Gasteiger charge is -2.24. The van der Waals surface area contributed by atoms with E-state index in [2.05, 4.69) is 5.32 Å². The Hall–Kier alpha value is -1.10. The molecule has 0 radical (unpaired) electrons. The highest BCUT2D eigenvalue weighted by Gasteiger charge is 2.12. The van der Waals surface area contributed by atoms with E-state index in [4.69, 9.17) is 16.7 Å². The molecule has 1 aromatic carbocycles. The summed E-state index contributed by atoms with van der Waals surface area (Å²) in [5, 5.41) is 12.6. The molecule has 0 bridgehead atoms. The van der Waals surface area contributed by atoms with Gasteiger partial charge in [-0.05, 0) is 38.0 Å². The van der Waals surface area contributed by atoms with Gasteiger partial charge in [-0.3, -0.25) is 9.69 Å². The predicted molar refractivity (Wildman–Crippen MR) is 82.0 cm³/mol. The molecule has 4 nitrogen and oxygen atoms in total. The fourth-order valence-corrected chi connectivity index (χ4v) is 2.14. The molecule has 0 aliphatic heterocycles. The number of halogens is 1. The van der Waals surface area contributed by atoms with E-state index in [1.54, 1.807) is 0 Å². The van der Waals surface area contributed by atoms with Crippen LogP contribution in [0.1, 0.15) is 19.4 Å². The first-order valence-electron chi connectivity index (χ1n) is 6.89. The van der Waals surface area contributed by atoms with Crippen molar-refractivity contribution in [1.29, 1.82) is 0 Å². The minimum atomic E-state index is -0.0193. The average Bonchev–Trinajstić information content (AvgIpc) is 2.38. The first kappa shape index (κ1) is 17.0. The number of hydrogen-bond donors (Lipinski definition) is 2. The van der Waals surface area contributed by atoms with Crippen molar-refractivity contribution in [2.75, 3.05) is 26.2 Å². The maximum absolute atomic E-state index is 11.8. The highest BCUT2D eigenvalue weighted by molar-refractivity contribution is 6.30. The summed E-state index contributed by atoms with van der Waals surface area (Å²) < 4.78 is 0. The van der Waals surface area contributed by atoms with Gasteiger partial charge in [-0.25, -0.2) is 0 Å². The number of nitrogens with one attached hydrogen (secondary N) is 1. The van der Waals surface area contributed by atoms with E-state index in [0.29, 0.717) is 24.7 Å². The van der Waals surface area contributed by atoms with Crippen LogP contribution in [-0.2, 0) is 11.2 Å². The van der Waals surface area contributed by atoms with Crippen LogP contribution in [0.3, 0.4) is 0 Å². The molecule has 0 aliphatic carbocycles. The molecule has 0 atom stereocenters. The second-order valence-electron chi connectivity index (χ2n) is 5.02. The van der Waals surface area contributed by atoms with Gasteiger partial charge in [-0.15, -0.1) is 0 Å². The van der Waals surface area contributed by atoms with Gasteiger partial charge in [0, 0.05) is 24.2 Å². The van der Waals surface area contributed by atoms with Crippen LogP contribution in [0.5, 0.6) is 0 Å². The van der Waals surface area contributed by atoms with Crippen LogP contribution in [0.2, 0.25) is 5.02 Å². The second kappa shape index (κ2) is 8.95. The van der Waals surface area contributed by atoms with Crippen molar-refractivity contribution in [3.63, 3.8) is 0 Å². The van der Waals surface area contributed by atoms with Gasteiger partial charge in [0.25, 0.3) is 0 Å². The zero-order chi connectivity index (χ0) is 15.0. The topological polar surface area (TPSA) is 52.6 Å². The van der Waals surface area contributed by atoms with Crippen molar-refractivity contribution < 1.29 is 9.90 Å². The Labute approximate surface area is 125 Å². The van der Waals surface area contributed by atoms with Crippen LogP contribution in [0.15, 0.2) is 24.3 Å². The van der Waals surface area contributed by atoms with Crippen LogP contribution in [0, 0.1) is 0 Å². The molecule has 5 heteroatoms. The van der Waals surface area contributed by atoms with Gasteiger partial charge in [0.1, 0.15) is 0 Å². The number of hydrogen-bond acceptors (Lipinski definition) is 3. The molecular weight excluding hydrogens is 276 g/mol. The Bertz CT molecular complexity index is 424. The Morgan fingerprint density at radius 2 is 2.20 bits per heavy atom. The molecule has 0 saturated carbocycles. The molecule has 112 valence electrons. The van der Waals surface area contributed by atoms with E-state index in [1.807, 2.05) is 43.0 Å². The highest BCUT2D eigenvalue weighted by Crippen LogP contribution is 2.10. The van der Waals surface area contributed by atoms with Crippen LogP contribution in [0.25, 0.3) is 0 Å². The summed E-state index contributed by atoms with van der Waals surface area (Å²) in [5.74, 6) is -0.0193. The summed E-state index contributed by atoms with van der Waals surface area (Å²) in [6.45, 7) is 5.50. The van der Waals surface area contributed by atoms with Crippen molar-refractivity contribution >= 4 is 17.5 Å². The van der Waals surface area contributed by atoms with Crippen molar-refractivity contribution in [2.45, 2.75) is 26.3 Å². The van der Waals surface area contributed by atoms with E-state index in [-0.39, 0.29) is 18.6 Å². The van der Waals surface area contributed by atoms with Gasteiger partial charge < -0.3 is 10.4 Å². The predicted octanol–water partition coefficient (Wildman–Crippen LogP) is 1.70. The molecule has 0 aliphatic rings. The summed E-state index contributed by atoms with van der Waals surface area (Å²) in [6, 6.07) is 7.87. The molecule has 1 rings (SSSR count). The first-order chi connectivity index (χ1) is 9.52. The molecule has 1 aromatic rings. The third-order valence-electron chi connectivity index (χ3n) is 3.09. The molecule has 20 heavy (non-hydrogen) atoms.